The summed E-state index contributed by atoms with van der Waals surface area (Å²) in [5, 5.41) is 5.56. The summed E-state index contributed by atoms with van der Waals surface area (Å²) in [5.41, 5.74) is 2.01. The third kappa shape index (κ3) is 5.88. The number of halogens is 1. The van der Waals surface area contributed by atoms with Crippen LogP contribution in [0.25, 0.3) is 0 Å². The van der Waals surface area contributed by atoms with Crippen LogP contribution in [-0.4, -0.2) is 25.0 Å². The number of amides is 2. The summed E-state index contributed by atoms with van der Waals surface area (Å²) in [4.78, 5) is 24.0. The number of hydrogen-bond acceptors (Lipinski definition) is 3. The second kappa shape index (κ2) is 9.56. The number of benzene rings is 2. The van der Waals surface area contributed by atoms with Gasteiger partial charge in [-0.1, -0.05) is 6.07 Å². The summed E-state index contributed by atoms with van der Waals surface area (Å²) in [6, 6.07) is 11.0. The maximum atomic E-state index is 12.8. The van der Waals surface area contributed by atoms with Crippen LogP contribution in [0, 0.1) is 12.7 Å². The number of aryl methyl sites for hydroxylation is 1. The molecule has 0 atom stereocenters. The molecule has 2 aromatic carbocycles. The molecule has 0 saturated heterocycles. The van der Waals surface area contributed by atoms with Crippen LogP contribution in [0.2, 0.25) is 0 Å². The highest BCUT2D eigenvalue weighted by molar-refractivity contribution is 5.97. The zero-order valence-electron chi connectivity index (χ0n) is 15.0. The van der Waals surface area contributed by atoms with Crippen LogP contribution in [-0.2, 0) is 4.79 Å². The molecule has 0 aliphatic heterocycles. The SMILES string of the molecule is CCNC(=O)c1ccc(C)c(NC(=O)CCCOc2ccc(F)cc2)c1. The Bertz CT molecular complexity index is 760. The molecule has 0 aliphatic carbocycles. The number of nitrogens with one attached hydrogen (secondary N) is 2. The molecule has 2 N–H and O–H groups in total. The molecule has 0 unspecified atom stereocenters. The van der Waals surface area contributed by atoms with Gasteiger partial charge in [-0.15, -0.1) is 0 Å². The minimum absolute atomic E-state index is 0.149. The van der Waals surface area contributed by atoms with Gasteiger partial charge in [-0.2, -0.15) is 0 Å². The molecule has 138 valence electrons. The van der Waals surface area contributed by atoms with E-state index < -0.39 is 0 Å². The highest BCUT2D eigenvalue weighted by Gasteiger charge is 2.10. The van der Waals surface area contributed by atoms with Gasteiger partial charge in [0.25, 0.3) is 5.91 Å². The normalized spacial score (nSPS) is 10.3. The molecule has 0 fully saturated rings. The lowest BCUT2D eigenvalue weighted by Gasteiger charge is -2.11. The molecule has 0 bridgehead atoms. The smallest absolute Gasteiger partial charge is 0.251 e. The van der Waals surface area contributed by atoms with E-state index >= 15 is 0 Å². The van der Waals surface area contributed by atoms with E-state index in [0.717, 1.165) is 5.56 Å². The fraction of sp³-hybridized carbons (Fsp3) is 0.300. The summed E-state index contributed by atoms with van der Waals surface area (Å²) in [7, 11) is 0. The van der Waals surface area contributed by atoms with Gasteiger partial charge in [0, 0.05) is 24.2 Å². The van der Waals surface area contributed by atoms with E-state index in [0.29, 0.717) is 36.6 Å². The molecule has 26 heavy (non-hydrogen) atoms. The van der Waals surface area contributed by atoms with Crippen molar-refractivity contribution < 1.29 is 18.7 Å². The van der Waals surface area contributed by atoms with Crippen LogP contribution in [0.1, 0.15) is 35.7 Å². The lowest BCUT2D eigenvalue weighted by atomic mass is 10.1. The van der Waals surface area contributed by atoms with Crippen molar-refractivity contribution in [2.24, 2.45) is 0 Å². The van der Waals surface area contributed by atoms with Crippen molar-refractivity contribution in [2.45, 2.75) is 26.7 Å². The second-order valence-electron chi connectivity index (χ2n) is 5.84. The van der Waals surface area contributed by atoms with Crippen molar-refractivity contribution in [3.8, 4) is 5.75 Å². The van der Waals surface area contributed by atoms with Crippen LogP contribution in [0.4, 0.5) is 10.1 Å². The van der Waals surface area contributed by atoms with E-state index in [-0.39, 0.29) is 24.1 Å². The van der Waals surface area contributed by atoms with E-state index in [9.17, 15) is 14.0 Å². The van der Waals surface area contributed by atoms with Crippen LogP contribution in [0.5, 0.6) is 5.75 Å². The third-order valence-electron chi connectivity index (χ3n) is 3.74. The zero-order chi connectivity index (χ0) is 18.9. The second-order valence-corrected chi connectivity index (χ2v) is 5.84. The highest BCUT2D eigenvalue weighted by Crippen LogP contribution is 2.18. The van der Waals surface area contributed by atoms with Gasteiger partial charge in [-0.3, -0.25) is 9.59 Å². The van der Waals surface area contributed by atoms with Gasteiger partial charge in [0.15, 0.2) is 0 Å². The third-order valence-corrected chi connectivity index (χ3v) is 3.74. The first kappa shape index (κ1) is 19.4. The van der Waals surface area contributed by atoms with Crippen LogP contribution in [0.15, 0.2) is 42.5 Å². The molecule has 0 radical (unpaired) electrons. The molecule has 0 heterocycles. The largest absolute Gasteiger partial charge is 0.494 e. The predicted molar refractivity (Wildman–Crippen MR) is 98.9 cm³/mol. The number of rotatable bonds is 8. The van der Waals surface area contributed by atoms with Gasteiger partial charge >= 0.3 is 0 Å². The topological polar surface area (TPSA) is 67.4 Å². The molecule has 2 aromatic rings. The maximum absolute atomic E-state index is 12.8. The predicted octanol–water partition coefficient (Wildman–Crippen LogP) is 3.68. The average Bonchev–Trinajstić information content (AvgIpc) is 2.62. The Hall–Kier alpha value is -2.89. The van der Waals surface area contributed by atoms with Crippen molar-refractivity contribution in [3.63, 3.8) is 0 Å². The number of carbonyl (C=O) groups excluding carboxylic acids is 2. The van der Waals surface area contributed by atoms with Gasteiger partial charge in [0.2, 0.25) is 5.91 Å². The van der Waals surface area contributed by atoms with Crippen LogP contribution in [0.3, 0.4) is 0 Å². The van der Waals surface area contributed by atoms with E-state index in [2.05, 4.69) is 10.6 Å². The van der Waals surface area contributed by atoms with Gasteiger partial charge in [-0.25, -0.2) is 4.39 Å². The Morgan fingerprint density at radius 1 is 1.12 bits per heavy atom. The molecule has 0 aromatic heterocycles. The van der Waals surface area contributed by atoms with Crippen molar-refractivity contribution in [1.29, 1.82) is 0 Å². The lowest BCUT2D eigenvalue weighted by molar-refractivity contribution is -0.116. The van der Waals surface area contributed by atoms with Crippen molar-refractivity contribution in [1.82, 2.24) is 5.32 Å². The monoisotopic (exact) mass is 358 g/mol. The first-order valence-corrected chi connectivity index (χ1v) is 8.56. The summed E-state index contributed by atoms with van der Waals surface area (Å²) < 4.78 is 18.3. The van der Waals surface area contributed by atoms with Crippen molar-refractivity contribution in [3.05, 3.63) is 59.4 Å². The van der Waals surface area contributed by atoms with Crippen molar-refractivity contribution >= 4 is 17.5 Å². The molecule has 0 saturated carbocycles. The standard InChI is InChI=1S/C20H23FN2O3/c1-3-22-20(25)15-7-6-14(2)18(13-15)23-19(24)5-4-12-26-17-10-8-16(21)9-11-17/h6-11,13H,3-5,12H2,1-2H3,(H,22,25)(H,23,24). The molecular weight excluding hydrogens is 335 g/mol. The number of carbonyl (C=O) groups is 2. The Kier molecular flexibility index (Phi) is 7.14. The minimum atomic E-state index is -0.318. The van der Waals surface area contributed by atoms with Gasteiger partial charge in [0.05, 0.1) is 6.61 Å². The maximum Gasteiger partial charge on any atom is 0.251 e. The number of anilines is 1. The molecule has 6 heteroatoms. The fourth-order valence-electron chi connectivity index (χ4n) is 2.33. The van der Waals surface area contributed by atoms with E-state index in [1.54, 1.807) is 30.3 Å². The molecule has 0 spiro atoms. The quantitative estimate of drug-likeness (QED) is 0.708. The lowest BCUT2D eigenvalue weighted by Crippen LogP contribution is -2.23. The first-order chi connectivity index (χ1) is 12.5. The molecule has 5 nitrogen and oxygen atoms in total. The van der Waals surface area contributed by atoms with Crippen molar-refractivity contribution in [2.75, 3.05) is 18.5 Å². The summed E-state index contributed by atoms with van der Waals surface area (Å²) in [6.07, 6.45) is 0.810. The Balaban J connectivity index is 1.82. The van der Waals surface area contributed by atoms with Crippen LogP contribution < -0.4 is 15.4 Å². The highest BCUT2D eigenvalue weighted by atomic mass is 19.1. The number of hydrogen-bond donors (Lipinski definition) is 2. The Morgan fingerprint density at radius 2 is 1.85 bits per heavy atom. The summed E-state index contributed by atoms with van der Waals surface area (Å²) >= 11 is 0. The molecule has 2 rings (SSSR count). The molecular formula is C20H23FN2O3. The number of ether oxygens (including phenoxy) is 1. The summed E-state index contributed by atoms with van der Waals surface area (Å²) in [5.74, 6) is -0.0706. The van der Waals surface area contributed by atoms with Crippen LogP contribution >= 0.6 is 0 Å². The summed E-state index contributed by atoms with van der Waals surface area (Å²) in [6.45, 7) is 4.62. The minimum Gasteiger partial charge on any atom is -0.494 e. The van der Waals surface area contributed by atoms with Gasteiger partial charge < -0.3 is 15.4 Å². The first-order valence-electron chi connectivity index (χ1n) is 8.56. The van der Waals surface area contributed by atoms with E-state index in [1.165, 1.54) is 12.1 Å². The van der Waals surface area contributed by atoms with Gasteiger partial charge in [-0.05, 0) is 62.2 Å². The molecule has 0 aliphatic rings. The van der Waals surface area contributed by atoms with E-state index in [4.69, 9.17) is 4.74 Å². The Labute approximate surface area is 152 Å². The zero-order valence-corrected chi connectivity index (χ0v) is 15.0. The fourth-order valence-corrected chi connectivity index (χ4v) is 2.33. The van der Waals surface area contributed by atoms with E-state index in [1.807, 2.05) is 13.8 Å². The van der Waals surface area contributed by atoms with Gasteiger partial charge in [0.1, 0.15) is 11.6 Å². The molecule has 2 amide bonds. The Morgan fingerprint density at radius 3 is 2.54 bits per heavy atom. The average molecular weight is 358 g/mol.